The molecule has 0 bridgehead atoms. The van der Waals surface area contributed by atoms with Crippen LogP contribution in [0.2, 0.25) is 0 Å². The van der Waals surface area contributed by atoms with Gasteiger partial charge in [-0.3, -0.25) is 4.79 Å². The summed E-state index contributed by atoms with van der Waals surface area (Å²) in [4.78, 5) is 23.1. The second kappa shape index (κ2) is 6.83. The average molecular weight is 311 g/mol. The first-order valence-electron chi connectivity index (χ1n) is 7.36. The van der Waals surface area contributed by atoms with Gasteiger partial charge in [-0.15, -0.1) is 0 Å². The number of hydrogen-bond donors (Lipinski definition) is 3. The Balaban J connectivity index is 1.50. The number of ether oxygens (including phenoxy) is 1. The lowest BCUT2D eigenvalue weighted by Crippen LogP contribution is -2.30. The van der Waals surface area contributed by atoms with Gasteiger partial charge in [-0.05, 0) is 36.2 Å². The standard InChI is InChI=1S/C17H17N3O3/c21-16-11-23-15-7-6-12(10-14(15)20-16)8-9-18-17(22)19-13-4-2-1-3-5-13/h1-7,10H,8-9,11H2,(H,20,21)(H2,18,19,22). The van der Waals surface area contributed by atoms with Crippen molar-refractivity contribution >= 4 is 23.3 Å². The third kappa shape index (κ3) is 4.00. The molecule has 0 aliphatic carbocycles. The normalized spacial score (nSPS) is 12.6. The fraction of sp³-hybridized carbons (Fsp3) is 0.176. The molecule has 0 saturated heterocycles. The first kappa shape index (κ1) is 14.9. The monoisotopic (exact) mass is 311 g/mol. The van der Waals surface area contributed by atoms with E-state index in [9.17, 15) is 9.59 Å². The predicted octanol–water partition coefficient (Wildman–Crippen LogP) is 2.38. The van der Waals surface area contributed by atoms with Crippen molar-refractivity contribution in [2.45, 2.75) is 6.42 Å². The van der Waals surface area contributed by atoms with Crippen LogP contribution < -0.4 is 20.7 Å². The highest BCUT2D eigenvalue weighted by molar-refractivity contribution is 5.95. The smallest absolute Gasteiger partial charge is 0.319 e. The van der Waals surface area contributed by atoms with Crippen molar-refractivity contribution in [2.24, 2.45) is 0 Å². The summed E-state index contributed by atoms with van der Waals surface area (Å²) in [7, 11) is 0. The third-order valence-electron chi connectivity index (χ3n) is 3.41. The molecule has 3 rings (SSSR count). The SMILES string of the molecule is O=C1COc2ccc(CCNC(=O)Nc3ccccc3)cc2N1. The van der Waals surface area contributed by atoms with Crippen molar-refractivity contribution in [3.63, 3.8) is 0 Å². The molecule has 1 aliphatic heterocycles. The summed E-state index contributed by atoms with van der Waals surface area (Å²) in [5.74, 6) is 0.512. The van der Waals surface area contributed by atoms with Gasteiger partial charge in [-0.2, -0.15) is 0 Å². The number of rotatable bonds is 4. The predicted molar refractivity (Wildman–Crippen MR) is 87.7 cm³/mol. The molecule has 118 valence electrons. The topological polar surface area (TPSA) is 79.5 Å². The summed E-state index contributed by atoms with van der Waals surface area (Å²) in [5.41, 5.74) is 2.43. The van der Waals surface area contributed by atoms with E-state index in [2.05, 4.69) is 16.0 Å². The lowest BCUT2D eigenvalue weighted by molar-refractivity contribution is -0.118. The van der Waals surface area contributed by atoms with Gasteiger partial charge in [0, 0.05) is 12.2 Å². The third-order valence-corrected chi connectivity index (χ3v) is 3.41. The van der Waals surface area contributed by atoms with E-state index in [0.717, 1.165) is 11.3 Å². The fourth-order valence-electron chi connectivity index (χ4n) is 2.30. The quantitative estimate of drug-likeness (QED) is 0.811. The van der Waals surface area contributed by atoms with Crippen LogP contribution in [0.25, 0.3) is 0 Å². The van der Waals surface area contributed by atoms with Crippen molar-refractivity contribution in [1.29, 1.82) is 0 Å². The highest BCUT2D eigenvalue weighted by Gasteiger charge is 2.15. The lowest BCUT2D eigenvalue weighted by atomic mass is 10.1. The van der Waals surface area contributed by atoms with E-state index in [1.165, 1.54) is 0 Å². The Bertz CT molecular complexity index is 716. The van der Waals surface area contributed by atoms with E-state index in [4.69, 9.17) is 4.74 Å². The molecule has 3 amide bonds. The Hall–Kier alpha value is -3.02. The van der Waals surface area contributed by atoms with Gasteiger partial charge in [0.2, 0.25) is 0 Å². The van der Waals surface area contributed by atoms with Crippen LogP contribution in [0, 0.1) is 0 Å². The number of benzene rings is 2. The molecule has 23 heavy (non-hydrogen) atoms. The molecule has 6 nitrogen and oxygen atoms in total. The first-order chi connectivity index (χ1) is 11.2. The number of anilines is 2. The van der Waals surface area contributed by atoms with E-state index in [1.807, 2.05) is 48.5 Å². The van der Waals surface area contributed by atoms with Gasteiger partial charge in [0.25, 0.3) is 5.91 Å². The number of carbonyl (C=O) groups excluding carboxylic acids is 2. The summed E-state index contributed by atoms with van der Waals surface area (Å²) < 4.78 is 5.31. The number of urea groups is 1. The van der Waals surface area contributed by atoms with E-state index in [0.29, 0.717) is 24.4 Å². The van der Waals surface area contributed by atoms with Gasteiger partial charge in [0.1, 0.15) is 5.75 Å². The summed E-state index contributed by atoms with van der Waals surface area (Å²) in [5, 5.41) is 8.33. The first-order valence-corrected chi connectivity index (χ1v) is 7.36. The van der Waals surface area contributed by atoms with Gasteiger partial charge >= 0.3 is 6.03 Å². The van der Waals surface area contributed by atoms with Gasteiger partial charge in [0.15, 0.2) is 6.61 Å². The Kier molecular flexibility index (Phi) is 4.42. The van der Waals surface area contributed by atoms with Crippen LogP contribution in [0.4, 0.5) is 16.2 Å². The highest BCUT2D eigenvalue weighted by Crippen LogP contribution is 2.28. The van der Waals surface area contributed by atoms with E-state index in [1.54, 1.807) is 0 Å². The molecule has 6 heteroatoms. The minimum Gasteiger partial charge on any atom is -0.482 e. The van der Waals surface area contributed by atoms with Gasteiger partial charge in [0.05, 0.1) is 5.69 Å². The molecule has 2 aromatic carbocycles. The Morgan fingerprint density at radius 1 is 1.17 bits per heavy atom. The number of nitrogens with one attached hydrogen (secondary N) is 3. The fourth-order valence-corrected chi connectivity index (χ4v) is 2.30. The van der Waals surface area contributed by atoms with Crippen LogP contribution in [0.5, 0.6) is 5.75 Å². The molecule has 2 aromatic rings. The zero-order valence-electron chi connectivity index (χ0n) is 12.5. The Morgan fingerprint density at radius 2 is 2.00 bits per heavy atom. The van der Waals surface area contributed by atoms with Crippen molar-refractivity contribution in [1.82, 2.24) is 5.32 Å². The van der Waals surface area contributed by atoms with Crippen LogP contribution >= 0.6 is 0 Å². The molecule has 0 saturated carbocycles. The zero-order chi connectivity index (χ0) is 16.1. The number of hydrogen-bond acceptors (Lipinski definition) is 3. The molecule has 0 spiro atoms. The van der Waals surface area contributed by atoms with E-state index >= 15 is 0 Å². The van der Waals surface area contributed by atoms with E-state index in [-0.39, 0.29) is 18.5 Å². The van der Waals surface area contributed by atoms with Crippen LogP contribution in [0.1, 0.15) is 5.56 Å². The van der Waals surface area contributed by atoms with Crippen LogP contribution in [0.15, 0.2) is 48.5 Å². The number of para-hydroxylation sites is 1. The maximum Gasteiger partial charge on any atom is 0.319 e. The summed E-state index contributed by atoms with van der Waals surface area (Å²) in [6, 6.07) is 14.6. The van der Waals surface area contributed by atoms with Crippen molar-refractivity contribution in [3.05, 3.63) is 54.1 Å². The molecule has 0 unspecified atom stereocenters. The van der Waals surface area contributed by atoms with Crippen molar-refractivity contribution in [2.75, 3.05) is 23.8 Å². The number of amides is 3. The summed E-state index contributed by atoms with van der Waals surface area (Å²) in [6.45, 7) is 0.541. The molecule has 0 radical (unpaired) electrons. The molecule has 0 aromatic heterocycles. The van der Waals surface area contributed by atoms with Crippen molar-refractivity contribution < 1.29 is 14.3 Å². The molecular formula is C17H17N3O3. The zero-order valence-corrected chi connectivity index (χ0v) is 12.5. The molecule has 1 aliphatic rings. The Morgan fingerprint density at radius 3 is 2.83 bits per heavy atom. The average Bonchev–Trinajstić information content (AvgIpc) is 2.55. The minimum atomic E-state index is -0.245. The van der Waals surface area contributed by atoms with Crippen LogP contribution in [-0.4, -0.2) is 25.1 Å². The van der Waals surface area contributed by atoms with Gasteiger partial charge in [-0.1, -0.05) is 24.3 Å². The molecule has 3 N–H and O–H groups in total. The molecular weight excluding hydrogens is 294 g/mol. The lowest BCUT2D eigenvalue weighted by Gasteiger charge is -2.18. The molecule has 0 fully saturated rings. The number of carbonyl (C=O) groups is 2. The van der Waals surface area contributed by atoms with Gasteiger partial charge < -0.3 is 20.7 Å². The molecule has 0 atom stereocenters. The van der Waals surface area contributed by atoms with Gasteiger partial charge in [-0.25, -0.2) is 4.79 Å². The largest absolute Gasteiger partial charge is 0.482 e. The van der Waals surface area contributed by atoms with Crippen molar-refractivity contribution in [3.8, 4) is 5.75 Å². The number of fused-ring (bicyclic) bond motifs is 1. The van der Waals surface area contributed by atoms with Crippen LogP contribution in [0.3, 0.4) is 0 Å². The minimum absolute atomic E-state index is 0.0492. The Labute approximate surface area is 133 Å². The second-order valence-corrected chi connectivity index (χ2v) is 5.16. The van der Waals surface area contributed by atoms with Crippen LogP contribution in [-0.2, 0) is 11.2 Å². The summed E-state index contributed by atoms with van der Waals surface area (Å²) >= 11 is 0. The maximum absolute atomic E-state index is 11.8. The second-order valence-electron chi connectivity index (χ2n) is 5.16. The summed E-state index contributed by atoms with van der Waals surface area (Å²) in [6.07, 6.45) is 0.658. The highest BCUT2D eigenvalue weighted by atomic mass is 16.5. The molecule has 1 heterocycles. The maximum atomic E-state index is 11.8. The van der Waals surface area contributed by atoms with E-state index < -0.39 is 0 Å².